The molecular formula is C23H25ClFN2O3-. The summed E-state index contributed by atoms with van der Waals surface area (Å²) in [4.78, 5) is 0. The molecule has 4 rings (SSSR count). The monoisotopic (exact) mass is 431 g/mol. The van der Waals surface area contributed by atoms with E-state index in [4.69, 9.17) is 14.2 Å². The molecule has 0 fully saturated rings. The summed E-state index contributed by atoms with van der Waals surface area (Å²) >= 11 is 0. The minimum atomic E-state index is -0.321. The van der Waals surface area contributed by atoms with Crippen LogP contribution in [-0.4, -0.2) is 24.9 Å². The lowest BCUT2D eigenvalue weighted by molar-refractivity contribution is -0.00000773. The number of ether oxygens (including phenoxy) is 3. The van der Waals surface area contributed by atoms with Gasteiger partial charge in [0.05, 0.1) is 32.1 Å². The van der Waals surface area contributed by atoms with E-state index in [1.165, 1.54) is 6.07 Å². The quantitative estimate of drug-likeness (QED) is 0.644. The second kappa shape index (κ2) is 9.41. The zero-order valence-electron chi connectivity index (χ0n) is 17.2. The first kappa shape index (κ1) is 22.0. The number of nitrogens with zero attached hydrogens (tertiary/aromatic N) is 1. The minimum absolute atomic E-state index is 0. The standard InChI is InChI=1S/C23H25FN2O3.ClH/c1-4-28-21-11-15-14-25-23(17-12-16(27-3)8-9-18(17)24)19-7-6-10-26(19)20(15)13-22(21)29-5-2;/h6-13,23,25H,4-5,14H2,1-3H3;1H/p-1. The Morgan fingerprint density at radius 2 is 1.80 bits per heavy atom. The maximum Gasteiger partial charge on any atom is 0.163 e. The fourth-order valence-electron chi connectivity index (χ4n) is 3.80. The molecule has 2 aromatic carbocycles. The molecule has 5 nitrogen and oxygen atoms in total. The highest BCUT2D eigenvalue weighted by molar-refractivity contribution is 5.56. The first-order valence-corrected chi connectivity index (χ1v) is 9.83. The van der Waals surface area contributed by atoms with Crippen LogP contribution in [0.5, 0.6) is 17.2 Å². The van der Waals surface area contributed by atoms with Crippen LogP contribution in [0.2, 0.25) is 0 Å². The zero-order chi connectivity index (χ0) is 20.4. The van der Waals surface area contributed by atoms with Crippen LogP contribution in [-0.2, 0) is 6.54 Å². The summed E-state index contributed by atoms with van der Waals surface area (Å²) in [6.07, 6.45) is 1.99. The molecule has 1 aliphatic heterocycles. The molecule has 2 heterocycles. The van der Waals surface area contributed by atoms with E-state index in [9.17, 15) is 4.39 Å². The molecule has 1 aromatic heterocycles. The fraction of sp³-hybridized carbons (Fsp3) is 0.304. The van der Waals surface area contributed by atoms with E-state index in [1.807, 2.05) is 44.3 Å². The zero-order valence-corrected chi connectivity index (χ0v) is 18.0. The molecule has 3 aromatic rings. The van der Waals surface area contributed by atoms with Gasteiger partial charge in [-0.25, -0.2) is 4.39 Å². The predicted molar refractivity (Wildman–Crippen MR) is 110 cm³/mol. The van der Waals surface area contributed by atoms with Crippen molar-refractivity contribution in [1.82, 2.24) is 9.88 Å². The highest BCUT2D eigenvalue weighted by Crippen LogP contribution is 2.38. The smallest absolute Gasteiger partial charge is 0.163 e. The number of hydrogen-bond donors (Lipinski definition) is 1. The van der Waals surface area contributed by atoms with Gasteiger partial charge in [0, 0.05) is 30.1 Å². The maximum atomic E-state index is 14.7. The van der Waals surface area contributed by atoms with E-state index < -0.39 is 0 Å². The van der Waals surface area contributed by atoms with Gasteiger partial charge in [0.1, 0.15) is 11.6 Å². The Morgan fingerprint density at radius 3 is 2.50 bits per heavy atom. The Balaban J connectivity index is 0.00000256. The van der Waals surface area contributed by atoms with Crippen molar-refractivity contribution < 1.29 is 31.0 Å². The summed E-state index contributed by atoms with van der Waals surface area (Å²) in [5.41, 5.74) is 3.55. The first-order valence-electron chi connectivity index (χ1n) is 9.83. The van der Waals surface area contributed by atoms with Gasteiger partial charge >= 0.3 is 0 Å². The van der Waals surface area contributed by atoms with Crippen molar-refractivity contribution in [3.05, 3.63) is 71.3 Å². The summed E-state index contributed by atoms with van der Waals surface area (Å²) in [6, 6.07) is 12.5. The van der Waals surface area contributed by atoms with Crippen LogP contribution in [0, 0.1) is 5.82 Å². The number of nitrogens with one attached hydrogen (secondary N) is 1. The normalized spacial score (nSPS) is 14.7. The van der Waals surface area contributed by atoms with Crippen LogP contribution in [0.15, 0.2) is 48.7 Å². The molecule has 1 atom stereocenters. The van der Waals surface area contributed by atoms with Crippen LogP contribution in [0.1, 0.15) is 36.7 Å². The molecule has 0 saturated heterocycles. The summed E-state index contributed by atoms with van der Waals surface area (Å²) in [5.74, 6) is 1.78. The largest absolute Gasteiger partial charge is 1.00 e. The minimum Gasteiger partial charge on any atom is -1.00 e. The number of hydrogen-bond acceptors (Lipinski definition) is 4. The van der Waals surface area contributed by atoms with E-state index in [2.05, 4.69) is 9.88 Å². The third-order valence-corrected chi connectivity index (χ3v) is 5.09. The van der Waals surface area contributed by atoms with Crippen molar-refractivity contribution in [3.8, 4) is 22.9 Å². The van der Waals surface area contributed by atoms with Gasteiger partial charge in [0.15, 0.2) is 11.5 Å². The van der Waals surface area contributed by atoms with E-state index in [0.29, 0.717) is 36.8 Å². The van der Waals surface area contributed by atoms with Gasteiger partial charge in [0.25, 0.3) is 0 Å². The molecule has 30 heavy (non-hydrogen) atoms. The molecule has 0 aliphatic carbocycles. The van der Waals surface area contributed by atoms with Crippen molar-refractivity contribution in [3.63, 3.8) is 0 Å². The maximum absolute atomic E-state index is 14.7. The molecule has 0 saturated carbocycles. The SMILES string of the molecule is CCOc1cc2c(cc1OCC)-n1cccc1C(c1cc(OC)ccc1F)NC2.[Cl-]. The van der Waals surface area contributed by atoms with Gasteiger partial charge in [-0.2, -0.15) is 0 Å². The number of rotatable bonds is 6. The number of benzene rings is 2. The fourth-order valence-corrected chi connectivity index (χ4v) is 3.80. The van der Waals surface area contributed by atoms with E-state index >= 15 is 0 Å². The Morgan fingerprint density at radius 1 is 1.07 bits per heavy atom. The van der Waals surface area contributed by atoms with Gasteiger partial charge in [-0.05, 0) is 55.8 Å². The molecular weight excluding hydrogens is 407 g/mol. The lowest BCUT2D eigenvalue weighted by atomic mass is 10.0. The third-order valence-electron chi connectivity index (χ3n) is 5.09. The average Bonchev–Trinajstić information content (AvgIpc) is 3.15. The molecule has 0 bridgehead atoms. The first-order chi connectivity index (χ1) is 14.2. The molecule has 160 valence electrons. The van der Waals surface area contributed by atoms with Gasteiger partial charge in [0.2, 0.25) is 0 Å². The number of aromatic nitrogens is 1. The Hall–Kier alpha value is -2.70. The van der Waals surface area contributed by atoms with Gasteiger partial charge in [-0.15, -0.1) is 0 Å². The van der Waals surface area contributed by atoms with E-state index in [0.717, 1.165) is 22.7 Å². The van der Waals surface area contributed by atoms with Crippen LogP contribution in [0.3, 0.4) is 0 Å². The Kier molecular flexibility index (Phi) is 6.90. The topological polar surface area (TPSA) is 44.7 Å². The van der Waals surface area contributed by atoms with Crippen molar-refractivity contribution >= 4 is 0 Å². The number of fused-ring (bicyclic) bond motifs is 3. The van der Waals surface area contributed by atoms with Crippen LogP contribution in [0.25, 0.3) is 5.69 Å². The Bertz CT molecular complexity index is 1020. The summed E-state index contributed by atoms with van der Waals surface area (Å²) in [6.45, 7) is 5.56. The highest BCUT2D eigenvalue weighted by Gasteiger charge is 2.27. The molecule has 7 heteroatoms. The number of halogens is 2. The summed E-state index contributed by atoms with van der Waals surface area (Å²) in [7, 11) is 1.58. The lowest BCUT2D eigenvalue weighted by Gasteiger charge is -2.19. The molecule has 1 unspecified atom stereocenters. The second-order valence-corrected chi connectivity index (χ2v) is 6.80. The van der Waals surface area contributed by atoms with Crippen molar-refractivity contribution in [2.75, 3.05) is 20.3 Å². The van der Waals surface area contributed by atoms with Crippen LogP contribution >= 0.6 is 0 Å². The molecule has 0 amide bonds. The van der Waals surface area contributed by atoms with Crippen molar-refractivity contribution in [2.45, 2.75) is 26.4 Å². The van der Waals surface area contributed by atoms with Gasteiger partial charge in [-0.3, -0.25) is 0 Å². The number of methoxy groups -OCH3 is 1. The summed E-state index contributed by atoms with van der Waals surface area (Å²) < 4.78 is 33.7. The molecule has 1 aliphatic rings. The van der Waals surface area contributed by atoms with Crippen LogP contribution in [0.4, 0.5) is 4.39 Å². The average molecular weight is 432 g/mol. The highest BCUT2D eigenvalue weighted by atomic mass is 35.5. The molecule has 0 spiro atoms. The van der Waals surface area contributed by atoms with Gasteiger partial charge in [-0.1, -0.05) is 0 Å². The van der Waals surface area contributed by atoms with E-state index in [-0.39, 0.29) is 24.3 Å². The predicted octanol–water partition coefficient (Wildman–Crippen LogP) is 1.62. The molecule has 1 N–H and O–H groups in total. The van der Waals surface area contributed by atoms with Crippen LogP contribution < -0.4 is 31.9 Å². The molecule has 0 radical (unpaired) electrons. The van der Waals surface area contributed by atoms with E-state index in [1.54, 1.807) is 19.2 Å². The van der Waals surface area contributed by atoms with Crippen molar-refractivity contribution in [1.29, 1.82) is 0 Å². The lowest BCUT2D eigenvalue weighted by Crippen LogP contribution is -3.00. The summed E-state index contributed by atoms with van der Waals surface area (Å²) in [5, 5.41) is 3.50. The third kappa shape index (κ3) is 3.98. The Labute approximate surface area is 182 Å². The van der Waals surface area contributed by atoms with Crippen molar-refractivity contribution in [2.24, 2.45) is 0 Å². The second-order valence-electron chi connectivity index (χ2n) is 6.80. The van der Waals surface area contributed by atoms with Gasteiger partial charge < -0.3 is 36.5 Å².